The molecule has 1 aliphatic heterocycles. The number of benzene rings is 1. The molecule has 1 unspecified atom stereocenters. The molecule has 2 heterocycles. The average Bonchev–Trinajstić information content (AvgIpc) is 3.38. The SMILES string of the molecule is CCNC(=NCc1nc(-c2ccc(Cl)cc2)no1)NCCCOC1CCOC1.I. The summed E-state index contributed by atoms with van der Waals surface area (Å²) in [5.74, 6) is 1.68. The van der Waals surface area contributed by atoms with E-state index in [1.807, 2.05) is 19.1 Å². The van der Waals surface area contributed by atoms with Gasteiger partial charge in [-0.05, 0) is 44.0 Å². The molecular weight excluding hydrogens is 509 g/mol. The van der Waals surface area contributed by atoms with Gasteiger partial charge in [0, 0.05) is 36.9 Å². The summed E-state index contributed by atoms with van der Waals surface area (Å²) in [6.45, 7) is 6.06. The highest BCUT2D eigenvalue weighted by molar-refractivity contribution is 14.0. The van der Waals surface area contributed by atoms with Crippen molar-refractivity contribution in [3.05, 3.63) is 35.2 Å². The maximum absolute atomic E-state index is 5.90. The summed E-state index contributed by atoms with van der Waals surface area (Å²) in [6.07, 6.45) is 2.12. The first-order valence-corrected chi connectivity index (χ1v) is 9.92. The van der Waals surface area contributed by atoms with E-state index in [1.54, 1.807) is 12.1 Å². The Bertz CT molecular complexity index is 751. The van der Waals surface area contributed by atoms with E-state index in [0.717, 1.165) is 38.1 Å². The number of nitrogens with one attached hydrogen (secondary N) is 2. The Morgan fingerprint density at radius 1 is 1.31 bits per heavy atom. The van der Waals surface area contributed by atoms with Gasteiger partial charge in [0.15, 0.2) is 5.96 Å². The van der Waals surface area contributed by atoms with Gasteiger partial charge in [-0.25, -0.2) is 4.99 Å². The minimum absolute atomic E-state index is 0. The van der Waals surface area contributed by atoms with Gasteiger partial charge in [-0.1, -0.05) is 16.8 Å². The van der Waals surface area contributed by atoms with Gasteiger partial charge in [0.1, 0.15) is 6.54 Å². The number of ether oxygens (including phenoxy) is 2. The second-order valence-electron chi connectivity index (χ2n) is 6.35. The van der Waals surface area contributed by atoms with Crippen LogP contribution >= 0.6 is 35.6 Å². The van der Waals surface area contributed by atoms with Crippen LogP contribution in [0.5, 0.6) is 0 Å². The zero-order valence-corrected chi connectivity index (χ0v) is 19.5. The number of halogens is 2. The number of rotatable bonds is 9. The molecule has 1 aliphatic rings. The molecule has 3 rings (SSSR count). The molecule has 0 aliphatic carbocycles. The van der Waals surface area contributed by atoms with Crippen molar-refractivity contribution in [1.82, 2.24) is 20.8 Å². The number of aliphatic imine (C=N–C) groups is 1. The maximum Gasteiger partial charge on any atom is 0.248 e. The highest BCUT2D eigenvalue weighted by Gasteiger charge is 2.15. The number of nitrogens with zero attached hydrogens (tertiary/aromatic N) is 3. The van der Waals surface area contributed by atoms with Crippen molar-refractivity contribution >= 4 is 41.5 Å². The third-order valence-corrected chi connectivity index (χ3v) is 4.39. The Morgan fingerprint density at radius 3 is 2.86 bits per heavy atom. The van der Waals surface area contributed by atoms with Gasteiger partial charge < -0.3 is 24.6 Å². The molecule has 10 heteroatoms. The first kappa shape index (κ1) is 23.8. The van der Waals surface area contributed by atoms with Gasteiger partial charge in [-0.2, -0.15) is 4.98 Å². The van der Waals surface area contributed by atoms with Crippen molar-refractivity contribution in [2.75, 3.05) is 32.9 Å². The fraction of sp³-hybridized carbons (Fsp3) is 0.526. The zero-order valence-electron chi connectivity index (χ0n) is 16.4. The lowest BCUT2D eigenvalue weighted by Crippen LogP contribution is -2.38. The Morgan fingerprint density at radius 2 is 2.14 bits per heavy atom. The summed E-state index contributed by atoms with van der Waals surface area (Å²) in [5, 5.41) is 11.2. The monoisotopic (exact) mass is 535 g/mol. The Balaban J connectivity index is 0.00000300. The first-order chi connectivity index (χ1) is 13.7. The Labute approximate surface area is 192 Å². The van der Waals surface area contributed by atoms with Gasteiger partial charge in [0.25, 0.3) is 0 Å². The summed E-state index contributed by atoms with van der Waals surface area (Å²) >= 11 is 5.90. The van der Waals surface area contributed by atoms with Gasteiger partial charge in [0.2, 0.25) is 11.7 Å². The molecule has 1 aromatic heterocycles. The van der Waals surface area contributed by atoms with E-state index < -0.39 is 0 Å². The molecule has 160 valence electrons. The topological polar surface area (TPSA) is 93.8 Å². The smallest absolute Gasteiger partial charge is 0.248 e. The zero-order chi connectivity index (χ0) is 19.6. The summed E-state index contributed by atoms with van der Waals surface area (Å²) in [7, 11) is 0. The van der Waals surface area contributed by atoms with Crippen LogP contribution in [0.15, 0.2) is 33.8 Å². The van der Waals surface area contributed by atoms with Crippen LogP contribution in [0.3, 0.4) is 0 Å². The molecule has 29 heavy (non-hydrogen) atoms. The van der Waals surface area contributed by atoms with Gasteiger partial charge in [-0.3, -0.25) is 0 Å². The molecule has 1 saturated heterocycles. The average molecular weight is 536 g/mol. The number of hydrogen-bond donors (Lipinski definition) is 2. The molecule has 0 amide bonds. The van der Waals surface area contributed by atoms with Crippen molar-refractivity contribution in [2.45, 2.75) is 32.4 Å². The van der Waals surface area contributed by atoms with Crippen LogP contribution < -0.4 is 10.6 Å². The van der Waals surface area contributed by atoms with Crippen molar-refractivity contribution in [1.29, 1.82) is 0 Å². The predicted octanol–water partition coefficient (Wildman–Crippen LogP) is 3.26. The van der Waals surface area contributed by atoms with Crippen LogP contribution in [-0.4, -0.2) is 55.1 Å². The molecule has 2 N–H and O–H groups in total. The predicted molar refractivity (Wildman–Crippen MR) is 123 cm³/mol. The minimum Gasteiger partial charge on any atom is -0.379 e. The lowest BCUT2D eigenvalue weighted by molar-refractivity contribution is 0.0420. The van der Waals surface area contributed by atoms with E-state index in [9.17, 15) is 0 Å². The van der Waals surface area contributed by atoms with Gasteiger partial charge >= 0.3 is 0 Å². The fourth-order valence-corrected chi connectivity index (χ4v) is 2.82. The quantitative estimate of drug-likeness (QED) is 0.220. The normalized spacial score (nSPS) is 16.5. The molecule has 0 spiro atoms. The largest absolute Gasteiger partial charge is 0.379 e. The van der Waals surface area contributed by atoms with Crippen LogP contribution in [0.25, 0.3) is 11.4 Å². The first-order valence-electron chi connectivity index (χ1n) is 9.54. The number of guanidine groups is 1. The number of hydrogen-bond acceptors (Lipinski definition) is 6. The molecule has 2 aromatic rings. The second kappa shape index (κ2) is 13.0. The fourth-order valence-electron chi connectivity index (χ4n) is 2.70. The molecule has 0 saturated carbocycles. The number of aromatic nitrogens is 2. The Hall–Kier alpha value is -1.43. The van der Waals surface area contributed by atoms with Crippen LogP contribution in [0, 0.1) is 0 Å². The third-order valence-electron chi connectivity index (χ3n) is 4.14. The summed E-state index contributed by atoms with van der Waals surface area (Å²) in [4.78, 5) is 8.88. The summed E-state index contributed by atoms with van der Waals surface area (Å²) in [5.41, 5.74) is 0.848. The van der Waals surface area contributed by atoms with E-state index in [1.165, 1.54) is 0 Å². The van der Waals surface area contributed by atoms with Crippen LogP contribution in [0.1, 0.15) is 25.7 Å². The second-order valence-corrected chi connectivity index (χ2v) is 6.79. The standard InChI is InChI=1S/C19H26ClN5O3.HI/c1-2-21-19(22-9-3-10-27-16-8-11-26-13-16)23-12-17-24-18(25-28-17)14-4-6-15(20)7-5-14;/h4-7,16H,2-3,8-13H2,1H3,(H2,21,22,23);1H. The molecule has 1 aromatic carbocycles. The molecule has 0 bridgehead atoms. The molecule has 0 radical (unpaired) electrons. The maximum atomic E-state index is 5.90. The highest BCUT2D eigenvalue weighted by atomic mass is 127. The molecular formula is C19H27ClIN5O3. The lowest BCUT2D eigenvalue weighted by atomic mass is 10.2. The van der Waals surface area contributed by atoms with Gasteiger partial charge in [0.05, 0.1) is 12.7 Å². The molecule has 8 nitrogen and oxygen atoms in total. The van der Waals surface area contributed by atoms with E-state index >= 15 is 0 Å². The van der Waals surface area contributed by atoms with Crippen molar-refractivity contribution in [2.24, 2.45) is 4.99 Å². The van der Waals surface area contributed by atoms with E-state index in [-0.39, 0.29) is 30.1 Å². The van der Waals surface area contributed by atoms with Crippen LogP contribution in [0.2, 0.25) is 5.02 Å². The summed E-state index contributed by atoms with van der Waals surface area (Å²) < 4.78 is 16.3. The molecule has 1 atom stereocenters. The molecule has 1 fully saturated rings. The van der Waals surface area contributed by atoms with Crippen molar-refractivity contribution in [3.8, 4) is 11.4 Å². The summed E-state index contributed by atoms with van der Waals surface area (Å²) in [6, 6.07) is 7.29. The minimum atomic E-state index is 0. The Kier molecular flexibility index (Phi) is 10.7. The van der Waals surface area contributed by atoms with Gasteiger partial charge in [-0.15, -0.1) is 24.0 Å². The van der Waals surface area contributed by atoms with Crippen molar-refractivity contribution < 1.29 is 14.0 Å². The highest BCUT2D eigenvalue weighted by Crippen LogP contribution is 2.18. The lowest BCUT2D eigenvalue weighted by Gasteiger charge is -2.12. The van der Waals surface area contributed by atoms with Crippen LogP contribution in [0.4, 0.5) is 0 Å². The third kappa shape index (κ3) is 8.07. The van der Waals surface area contributed by atoms with E-state index in [2.05, 4.69) is 25.8 Å². The van der Waals surface area contributed by atoms with Crippen LogP contribution in [-0.2, 0) is 16.0 Å². The van der Waals surface area contributed by atoms with E-state index in [0.29, 0.717) is 42.5 Å². The van der Waals surface area contributed by atoms with E-state index in [4.69, 9.17) is 25.6 Å². The van der Waals surface area contributed by atoms with Crippen molar-refractivity contribution in [3.63, 3.8) is 0 Å².